The zero-order chi connectivity index (χ0) is 20.0. The van der Waals surface area contributed by atoms with Gasteiger partial charge in [-0.3, -0.25) is 14.4 Å². The van der Waals surface area contributed by atoms with Gasteiger partial charge in [0.05, 0.1) is 6.54 Å². The molecule has 0 saturated carbocycles. The van der Waals surface area contributed by atoms with Gasteiger partial charge in [-0.2, -0.15) is 0 Å². The lowest BCUT2D eigenvalue weighted by Gasteiger charge is -2.11. The summed E-state index contributed by atoms with van der Waals surface area (Å²) in [7, 11) is 3.39. The molecule has 0 radical (unpaired) electrons. The smallest absolute Gasteiger partial charge is 0.253 e. The van der Waals surface area contributed by atoms with Crippen LogP contribution in [0.15, 0.2) is 42.5 Å². The molecule has 0 bridgehead atoms. The molecule has 0 saturated heterocycles. The minimum atomic E-state index is -0.278. The summed E-state index contributed by atoms with van der Waals surface area (Å²) in [5, 5.41) is 5.37. The van der Waals surface area contributed by atoms with Crippen LogP contribution in [0.5, 0.6) is 0 Å². The lowest BCUT2D eigenvalue weighted by molar-refractivity contribution is -0.120. The second kappa shape index (κ2) is 8.98. The van der Waals surface area contributed by atoms with E-state index in [2.05, 4.69) is 10.6 Å². The summed E-state index contributed by atoms with van der Waals surface area (Å²) in [5.41, 5.74) is 4.15. The minimum absolute atomic E-state index is 0.0698. The lowest BCUT2D eigenvalue weighted by atomic mass is 10.1. The number of amides is 3. The highest BCUT2D eigenvalue weighted by atomic mass is 16.2. The molecule has 0 heterocycles. The molecule has 0 fully saturated rings. The first-order valence-electron chi connectivity index (χ1n) is 8.70. The van der Waals surface area contributed by atoms with Gasteiger partial charge in [-0.25, -0.2) is 0 Å². The van der Waals surface area contributed by atoms with Crippen LogP contribution >= 0.6 is 0 Å². The quantitative estimate of drug-likeness (QED) is 0.820. The van der Waals surface area contributed by atoms with E-state index in [1.54, 1.807) is 50.5 Å². The van der Waals surface area contributed by atoms with E-state index in [1.165, 1.54) is 4.90 Å². The van der Waals surface area contributed by atoms with Gasteiger partial charge in [-0.15, -0.1) is 0 Å². The molecule has 0 aliphatic rings. The van der Waals surface area contributed by atoms with Crippen LogP contribution in [0.2, 0.25) is 0 Å². The molecule has 6 nitrogen and oxygen atoms in total. The molecule has 0 aliphatic heterocycles. The average Bonchev–Trinajstić information content (AvgIpc) is 2.66. The molecule has 0 aliphatic carbocycles. The van der Waals surface area contributed by atoms with E-state index in [0.29, 0.717) is 17.7 Å². The Balaban J connectivity index is 1.81. The fourth-order valence-corrected chi connectivity index (χ4v) is 2.43. The van der Waals surface area contributed by atoms with Crippen molar-refractivity contribution in [2.45, 2.75) is 20.4 Å². The van der Waals surface area contributed by atoms with E-state index < -0.39 is 0 Å². The minimum Gasteiger partial charge on any atom is -0.350 e. The monoisotopic (exact) mass is 367 g/mol. The molecule has 2 N–H and O–H groups in total. The molecule has 0 unspecified atom stereocenters. The normalized spacial score (nSPS) is 10.2. The van der Waals surface area contributed by atoms with E-state index in [4.69, 9.17) is 0 Å². The highest BCUT2D eigenvalue weighted by Crippen LogP contribution is 2.09. The number of carbonyl (C=O) groups excluding carboxylic acids is 3. The Labute approximate surface area is 159 Å². The highest BCUT2D eigenvalue weighted by molar-refractivity contribution is 5.96. The van der Waals surface area contributed by atoms with Gasteiger partial charge in [-0.05, 0) is 54.8 Å². The molecule has 27 heavy (non-hydrogen) atoms. The fourth-order valence-electron chi connectivity index (χ4n) is 2.43. The number of carbonyl (C=O) groups is 3. The topological polar surface area (TPSA) is 78.5 Å². The van der Waals surface area contributed by atoms with E-state index in [1.807, 2.05) is 19.9 Å². The van der Waals surface area contributed by atoms with E-state index in [9.17, 15) is 14.4 Å². The van der Waals surface area contributed by atoms with Crippen LogP contribution < -0.4 is 10.6 Å². The Bertz CT molecular complexity index is 842. The van der Waals surface area contributed by atoms with Gasteiger partial charge in [0.1, 0.15) is 0 Å². The summed E-state index contributed by atoms with van der Waals surface area (Å²) in [6.07, 6.45) is 0. The molecule has 2 aromatic rings. The van der Waals surface area contributed by atoms with Crippen LogP contribution in [-0.2, 0) is 11.3 Å². The van der Waals surface area contributed by atoms with E-state index >= 15 is 0 Å². The molecule has 0 aromatic heterocycles. The Kier molecular flexibility index (Phi) is 6.71. The molecule has 3 amide bonds. The van der Waals surface area contributed by atoms with Gasteiger partial charge in [-0.1, -0.05) is 18.2 Å². The zero-order valence-electron chi connectivity index (χ0n) is 16.1. The standard InChI is InChI=1S/C21H25N3O3/c1-14-5-8-18(11-15(14)2)20(26)23-13-19(25)22-12-16-6-9-17(10-7-16)21(27)24(3)4/h5-11H,12-13H2,1-4H3,(H,22,25)(H,23,26). The van der Waals surface area contributed by atoms with Crippen molar-refractivity contribution < 1.29 is 14.4 Å². The van der Waals surface area contributed by atoms with Crippen molar-refractivity contribution in [1.29, 1.82) is 0 Å². The maximum absolute atomic E-state index is 12.1. The third-order valence-corrected chi connectivity index (χ3v) is 4.28. The number of nitrogens with zero attached hydrogens (tertiary/aromatic N) is 1. The van der Waals surface area contributed by atoms with Crippen molar-refractivity contribution >= 4 is 17.7 Å². The van der Waals surface area contributed by atoms with Gasteiger partial charge >= 0.3 is 0 Å². The Morgan fingerprint density at radius 2 is 1.48 bits per heavy atom. The van der Waals surface area contributed by atoms with Crippen molar-refractivity contribution in [1.82, 2.24) is 15.5 Å². The summed E-state index contributed by atoms with van der Waals surface area (Å²) in [4.78, 5) is 37.4. The third kappa shape index (κ3) is 5.67. The second-order valence-electron chi connectivity index (χ2n) is 6.65. The predicted molar refractivity (Wildman–Crippen MR) is 105 cm³/mol. The first kappa shape index (κ1) is 20.2. The van der Waals surface area contributed by atoms with Crippen molar-refractivity contribution in [3.05, 3.63) is 70.3 Å². The van der Waals surface area contributed by atoms with Crippen molar-refractivity contribution in [3.63, 3.8) is 0 Å². The number of hydrogen-bond donors (Lipinski definition) is 2. The summed E-state index contributed by atoms with van der Waals surface area (Å²) in [5.74, 6) is -0.625. The SMILES string of the molecule is Cc1ccc(C(=O)NCC(=O)NCc2ccc(C(=O)N(C)C)cc2)cc1C. The van der Waals surface area contributed by atoms with Gasteiger partial charge in [0, 0.05) is 31.8 Å². The Morgan fingerprint density at radius 1 is 0.852 bits per heavy atom. The van der Waals surface area contributed by atoms with Gasteiger partial charge in [0.25, 0.3) is 11.8 Å². The second-order valence-corrected chi connectivity index (χ2v) is 6.65. The summed E-state index contributed by atoms with van der Waals surface area (Å²) >= 11 is 0. The third-order valence-electron chi connectivity index (χ3n) is 4.28. The molecular formula is C21H25N3O3. The van der Waals surface area contributed by atoms with Gasteiger partial charge in [0.15, 0.2) is 0 Å². The molecule has 2 aromatic carbocycles. The Morgan fingerprint density at radius 3 is 2.07 bits per heavy atom. The molecular weight excluding hydrogens is 342 g/mol. The summed E-state index contributed by atoms with van der Waals surface area (Å²) < 4.78 is 0. The van der Waals surface area contributed by atoms with Crippen LogP contribution in [0.4, 0.5) is 0 Å². The van der Waals surface area contributed by atoms with Crippen LogP contribution in [0.25, 0.3) is 0 Å². The van der Waals surface area contributed by atoms with Gasteiger partial charge in [0.2, 0.25) is 5.91 Å². The van der Waals surface area contributed by atoms with Crippen LogP contribution in [0, 0.1) is 13.8 Å². The van der Waals surface area contributed by atoms with Crippen molar-refractivity contribution in [2.75, 3.05) is 20.6 Å². The Hall–Kier alpha value is -3.15. The number of nitrogens with one attached hydrogen (secondary N) is 2. The average molecular weight is 367 g/mol. The van der Waals surface area contributed by atoms with Crippen LogP contribution in [-0.4, -0.2) is 43.3 Å². The predicted octanol–water partition coefficient (Wildman–Crippen LogP) is 2.05. The maximum Gasteiger partial charge on any atom is 0.253 e. The summed E-state index contributed by atoms with van der Waals surface area (Å²) in [6.45, 7) is 4.15. The molecule has 2 rings (SSSR count). The zero-order valence-corrected chi connectivity index (χ0v) is 16.1. The van der Waals surface area contributed by atoms with Crippen molar-refractivity contribution in [3.8, 4) is 0 Å². The summed E-state index contributed by atoms with van der Waals surface area (Å²) in [6, 6.07) is 12.5. The number of rotatable bonds is 6. The molecule has 142 valence electrons. The maximum atomic E-state index is 12.1. The first-order chi connectivity index (χ1) is 12.8. The number of aryl methyl sites for hydroxylation is 2. The highest BCUT2D eigenvalue weighted by Gasteiger charge is 2.10. The van der Waals surface area contributed by atoms with E-state index in [-0.39, 0.29) is 24.3 Å². The van der Waals surface area contributed by atoms with Crippen molar-refractivity contribution in [2.24, 2.45) is 0 Å². The largest absolute Gasteiger partial charge is 0.350 e. The van der Waals surface area contributed by atoms with E-state index in [0.717, 1.165) is 16.7 Å². The fraction of sp³-hybridized carbons (Fsp3) is 0.286. The molecule has 0 spiro atoms. The lowest BCUT2D eigenvalue weighted by Crippen LogP contribution is -2.36. The first-order valence-corrected chi connectivity index (χ1v) is 8.70. The molecule has 0 atom stereocenters. The van der Waals surface area contributed by atoms with Gasteiger partial charge < -0.3 is 15.5 Å². The number of benzene rings is 2. The van der Waals surface area contributed by atoms with Crippen LogP contribution in [0.1, 0.15) is 37.4 Å². The molecule has 6 heteroatoms. The number of hydrogen-bond acceptors (Lipinski definition) is 3. The van der Waals surface area contributed by atoms with Crippen LogP contribution in [0.3, 0.4) is 0 Å².